The van der Waals surface area contributed by atoms with Crippen molar-refractivity contribution < 1.29 is 5.11 Å². The molecule has 2 aromatic heterocycles. The van der Waals surface area contributed by atoms with E-state index in [1.54, 1.807) is 0 Å². The van der Waals surface area contributed by atoms with Crippen LogP contribution in [0.1, 0.15) is 5.56 Å². The highest BCUT2D eigenvalue weighted by atomic mass is 16.3. The Morgan fingerprint density at radius 2 is 1.71 bits per heavy atom. The van der Waals surface area contributed by atoms with Crippen molar-refractivity contribution in [3.63, 3.8) is 0 Å². The van der Waals surface area contributed by atoms with Gasteiger partial charge in [0.15, 0.2) is 0 Å². The fourth-order valence-electron chi connectivity index (χ4n) is 2.81. The molecule has 0 amide bonds. The number of nitrogens with one attached hydrogen (secondary N) is 1. The second kappa shape index (κ2) is 4.72. The molecule has 2 N–H and O–H groups in total. The molecule has 0 aliphatic heterocycles. The van der Waals surface area contributed by atoms with Crippen molar-refractivity contribution in [1.29, 1.82) is 0 Å². The van der Waals surface area contributed by atoms with Crippen molar-refractivity contribution in [3.8, 4) is 11.1 Å². The van der Waals surface area contributed by atoms with E-state index in [2.05, 4.69) is 28.2 Å². The first kappa shape index (κ1) is 12.1. The lowest BCUT2D eigenvalue weighted by Gasteiger charge is -2.05. The molecule has 0 radical (unpaired) electrons. The Bertz CT molecular complexity index is 923. The van der Waals surface area contributed by atoms with E-state index >= 15 is 0 Å². The Hall–Kier alpha value is -2.65. The number of fused-ring (bicyclic) bond motifs is 3. The van der Waals surface area contributed by atoms with Gasteiger partial charge in [0.2, 0.25) is 0 Å². The quantitative estimate of drug-likeness (QED) is 0.583. The van der Waals surface area contributed by atoms with Gasteiger partial charge in [-0.2, -0.15) is 0 Å². The van der Waals surface area contributed by atoms with E-state index < -0.39 is 0 Å². The zero-order chi connectivity index (χ0) is 14.2. The topological polar surface area (TPSA) is 48.9 Å². The molecule has 21 heavy (non-hydrogen) atoms. The van der Waals surface area contributed by atoms with Crippen LogP contribution >= 0.6 is 0 Å². The van der Waals surface area contributed by atoms with Crippen LogP contribution in [0.4, 0.5) is 0 Å². The van der Waals surface area contributed by atoms with Gasteiger partial charge in [0.05, 0.1) is 18.3 Å². The molecule has 0 atom stereocenters. The molecule has 0 saturated heterocycles. The van der Waals surface area contributed by atoms with Gasteiger partial charge in [-0.25, -0.2) is 0 Å². The third-order valence-corrected chi connectivity index (χ3v) is 3.86. The predicted molar refractivity (Wildman–Crippen MR) is 85.0 cm³/mol. The van der Waals surface area contributed by atoms with Crippen molar-refractivity contribution in [1.82, 2.24) is 9.97 Å². The average Bonchev–Trinajstić information content (AvgIpc) is 2.93. The molecule has 3 nitrogen and oxygen atoms in total. The number of aliphatic hydroxyl groups is 1. The summed E-state index contributed by atoms with van der Waals surface area (Å²) in [5.74, 6) is 0. The standard InChI is InChI=1S/C18H14N2O/c21-11-12-5-7-13(8-6-12)15-9-19-10-17-18(15)14-3-1-2-4-16(14)20-17/h1-10,20-21H,11H2. The first-order chi connectivity index (χ1) is 10.4. The van der Waals surface area contributed by atoms with Crippen LogP contribution in [0, 0.1) is 0 Å². The van der Waals surface area contributed by atoms with Gasteiger partial charge in [-0.1, -0.05) is 42.5 Å². The highest BCUT2D eigenvalue weighted by Gasteiger charge is 2.10. The maximum absolute atomic E-state index is 9.16. The summed E-state index contributed by atoms with van der Waals surface area (Å²) < 4.78 is 0. The van der Waals surface area contributed by atoms with Crippen molar-refractivity contribution in [2.75, 3.05) is 0 Å². The van der Waals surface area contributed by atoms with Crippen LogP contribution in [0.3, 0.4) is 0 Å². The first-order valence-electron chi connectivity index (χ1n) is 6.91. The largest absolute Gasteiger partial charge is 0.392 e. The number of pyridine rings is 1. The number of para-hydroxylation sites is 1. The maximum atomic E-state index is 9.16. The van der Waals surface area contributed by atoms with Crippen LogP contribution < -0.4 is 0 Å². The lowest BCUT2D eigenvalue weighted by atomic mass is 10.0. The fraction of sp³-hybridized carbons (Fsp3) is 0.0556. The predicted octanol–water partition coefficient (Wildman–Crippen LogP) is 3.88. The highest BCUT2D eigenvalue weighted by molar-refractivity contribution is 6.13. The molecule has 3 heteroatoms. The normalized spacial score (nSPS) is 11.3. The van der Waals surface area contributed by atoms with Gasteiger partial charge in [-0.05, 0) is 17.2 Å². The first-order valence-corrected chi connectivity index (χ1v) is 6.91. The Morgan fingerprint density at radius 3 is 2.52 bits per heavy atom. The number of hydrogen-bond donors (Lipinski definition) is 2. The van der Waals surface area contributed by atoms with Gasteiger partial charge >= 0.3 is 0 Å². The van der Waals surface area contributed by atoms with E-state index in [1.165, 1.54) is 10.8 Å². The summed E-state index contributed by atoms with van der Waals surface area (Å²) in [5.41, 5.74) is 5.29. The number of aliphatic hydroxyl groups excluding tert-OH is 1. The number of nitrogens with zero attached hydrogens (tertiary/aromatic N) is 1. The second-order valence-electron chi connectivity index (χ2n) is 5.14. The van der Waals surface area contributed by atoms with Gasteiger partial charge in [-0.15, -0.1) is 0 Å². The van der Waals surface area contributed by atoms with Crippen LogP contribution in [0.15, 0.2) is 60.9 Å². The van der Waals surface area contributed by atoms with Crippen LogP contribution in [0.5, 0.6) is 0 Å². The monoisotopic (exact) mass is 274 g/mol. The van der Waals surface area contributed by atoms with Crippen molar-refractivity contribution >= 4 is 21.8 Å². The Morgan fingerprint density at radius 1 is 0.905 bits per heavy atom. The smallest absolute Gasteiger partial charge is 0.0681 e. The van der Waals surface area contributed by atoms with E-state index in [0.29, 0.717) is 0 Å². The second-order valence-corrected chi connectivity index (χ2v) is 5.14. The highest BCUT2D eigenvalue weighted by Crippen LogP contribution is 2.33. The molecule has 2 heterocycles. The molecule has 0 saturated carbocycles. The zero-order valence-corrected chi connectivity index (χ0v) is 11.4. The summed E-state index contributed by atoms with van der Waals surface area (Å²) in [6.07, 6.45) is 3.76. The summed E-state index contributed by atoms with van der Waals surface area (Å²) >= 11 is 0. The molecule has 0 bridgehead atoms. The van der Waals surface area contributed by atoms with E-state index in [9.17, 15) is 0 Å². The molecule has 0 aliphatic rings. The fourth-order valence-corrected chi connectivity index (χ4v) is 2.81. The summed E-state index contributed by atoms with van der Waals surface area (Å²) in [5, 5.41) is 11.6. The van der Waals surface area contributed by atoms with E-state index in [4.69, 9.17) is 5.11 Å². The number of aromatic amines is 1. The van der Waals surface area contributed by atoms with Crippen molar-refractivity contribution in [2.45, 2.75) is 6.61 Å². The minimum atomic E-state index is 0.0653. The summed E-state index contributed by atoms with van der Waals surface area (Å²) in [4.78, 5) is 7.75. The third-order valence-electron chi connectivity index (χ3n) is 3.86. The number of rotatable bonds is 2. The summed E-state index contributed by atoms with van der Waals surface area (Å²) in [7, 11) is 0. The molecule has 2 aromatic carbocycles. The molecule has 0 fully saturated rings. The van der Waals surface area contributed by atoms with Crippen LogP contribution in [-0.4, -0.2) is 15.1 Å². The lowest BCUT2D eigenvalue weighted by molar-refractivity contribution is 0.282. The van der Waals surface area contributed by atoms with Crippen molar-refractivity contribution in [2.24, 2.45) is 0 Å². The zero-order valence-electron chi connectivity index (χ0n) is 11.4. The van der Waals surface area contributed by atoms with E-state index in [1.807, 2.05) is 42.7 Å². The summed E-state index contributed by atoms with van der Waals surface area (Å²) in [6.45, 7) is 0.0653. The average molecular weight is 274 g/mol. The molecule has 0 aliphatic carbocycles. The van der Waals surface area contributed by atoms with Gasteiger partial charge in [-0.3, -0.25) is 4.98 Å². The number of benzene rings is 2. The molecular formula is C18H14N2O. The SMILES string of the molecule is OCc1ccc(-c2cncc3[nH]c4ccccc4c23)cc1. The molecule has 4 rings (SSSR count). The molecule has 0 unspecified atom stereocenters. The molecular weight excluding hydrogens is 260 g/mol. The molecule has 102 valence electrons. The minimum absolute atomic E-state index is 0.0653. The van der Waals surface area contributed by atoms with Gasteiger partial charge in [0.25, 0.3) is 0 Å². The van der Waals surface area contributed by atoms with Crippen LogP contribution in [-0.2, 0) is 6.61 Å². The number of hydrogen-bond acceptors (Lipinski definition) is 2. The number of H-pyrrole nitrogens is 1. The van der Waals surface area contributed by atoms with Crippen molar-refractivity contribution in [3.05, 3.63) is 66.5 Å². The maximum Gasteiger partial charge on any atom is 0.0681 e. The van der Waals surface area contributed by atoms with Crippen LogP contribution in [0.2, 0.25) is 0 Å². The van der Waals surface area contributed by atoms with E-state index in [0.717, 1.165) is 27.7 Å². The Labute approximate surface area is 121 Å². The molecule has 4 aromatic rings. The molecule has 0 spiro atoms. The third kappa shape index (κ3) is 1.90. The van der Waals surface area contributed by atoms with E-state index in [-0.39, 0.29) is 6.61 Å². The lowest BCUT2D eigenvalue weighted by Crippen LogP contribution is -1.85. The van der Waals surface area contributed by atoms with Gasteiger partial charge < -0.3 is 10.1 Å². The van der Waals surface area contributed by atoms with Gasteiger partial charge in [0, 0.05) is 28.0 Å². The number of aromatic nitrogens is 2. The van der Waals surface area contributed by atoms with Gasteiger partial charge in [0.1, 0.15) is 0 Å². The summed E-state index contributed by atoms with van der Waals surface area (Å²) in [6, 6.07) is 16.2. The minimum Gasteiger partial charge on any atom is -0.392 e. The Balaban J connectivity index is 2.03. The van der Waals surface area contributed by atoms with Crippen LogP contribution in [0.25, 0.3) is 32.9 Å². The Kier molecular flexibility index (Phi) is 2.72.